The number of nitrogen functional groups attached to an aromatic ring is 1. The first-order chi connectivity index (χ1) is 9.49. The van der Waals surface area contributed by atoms with Gasteiger partial charge in [0.2, 0.25) is 0 Å². The SMILES string of the molecule is Bc1cc(C)cc2c(C(=O)O)c3cccc(N)c3nc12. The van der Waals surface area contributed by atoms with Gasteiger partial charge in [-0.15, -0.1) is 0 Å². The van der Waals surface area contributed by atoms with E-state index in [1.54, 1.807) is 18.2 Å². The second-order valence-corrected chi connectivity index (χ2v) is 5.01. The van der Waals surface area contributed by atoms with E-state index < -0.39 is 5.97 Å². The summed E-state index contributed by atoms with van der Waals surface area (Å²) < 4.78 is 0. The van der Waals surface area contributed by atoms with Gasteiger partial charge in [0, 0.05) is 10.8 Å². The average Bonchev–Trinajstić information content (AvgIpc) is 2.36. The molecule has 0 bridgehead atoms. The maximum atomic E-state index is 11.7. The van der Waals surface area contributed by atoms with Gasteiger partial charge in [0.25, 0.3) is 0 Å². The smallest absolute Gasteiger partial charge is 0.337 e. The second kappa shape index (κ2) is 4.23. The molecule has 2 aromatic carbocycles. The number of aromatic carboxylic acids is 1. The summed E-state index contributed by atoms with van der Waals surface area (Å²) >= 11 is 0. The number of aryl methyl sites for hydroxylation is 1. The summed E-state index contributed by atoms with van der Waals surface area (Å²) in [6.45, 7) is 1.95. The molecular formula is C15H13BN2O2. The van der Waals surface area contributed by atoms with E-state index in [4.69, 9.17) is 5.73 Å². The normalized spacial score (nSPS) is 11.1. The van der Waals surface area contributed by atoms with Crippen molar-refractivity contribution in [3.8, 4) is 0 Å². The van der Waals surface area contributed by atoms with Gasteiger partial charge in [-0.25, -0.2) is 9.78 Å². The molecule has 98 valence electrons. The number of rotatable bonds is 1. The number of hydrogen-bond acceptors (Lipinski definition) is 3. The van der Waals surface area contributed by atoms with Crippen molar-refractivity contribution in [2.45, 2.75) is 6.92 Å². The number of benzene rings is 2. The monoisotopic (exact) mass is 264 g/mol. The van der Waals surface area contributed by atoms with E-state index in [-0.39, 0.29) is 5.56 Å². The number of carbonyl (C=O) groups is 1. The Hall–Kier alpha value is -2.56. The van der Waals surface area contributed by atoms with Crippen molar-refractivity contribution >= 4 is 46.8 Å². The highest BCUT2D eigenvalue weighted by Crippen LogP contribution is 2.28. The van der Waals surface area contributed by atoms with Gasteiger partial charge in [-0.1, -0.05) is 29.2 Å². The predicted octanol–water partition coefficient (Wildman–Crippen LogP) is 1.24. The van der Waals surface area contributed by atoms with Gasteiger partial charge in [0.1, 0.15) is 7.85 Å². The molecule has 3 N–H and O–H groups in total. The van der Waals surface area contributed by atoms with Crippen LogP contribution in [0.1, 0.15) is 15.9 Å². The molecule has 0 atom stereocenters. The highest BCUT2D eigenvalue weighted by molar-refractivity contribution is 6.39. The van der Waals surface area contributed by atoms with Gasteiger partial charge in [-0.3, -0.25) is 0 Å². The first-order valence-corrected chi connectivity index (χ1v) is 6.31. The number of nitrogens with zero attached hydrogens (tertiary/aromatic N) is 1. The van der Waals surface area contributed by atoms with Gasteiger partial charge in [-0.2, -0.15) is 0 Å². The molecule has 3 aromatic rings. The molecular weight excluding hydrogens is 251 g/mol. The van der Waals surface area contributed by atoms with Crippen molar-refractivity contribution in [2.75, 3.05) is 5.73 Å². The van der Waals surface area contributed by atoms with Gasteiger partial charge in [0.05, 0.1) is 22.3 Å². The summed E-state index contributed by atoms with van der Waals surface area (Å²) in [5.74, 6) is -0.960. The standard InChI is InChI=1S/C15H13BN2O2/c1-7-5-9-12(15(19)20)8-3-2-4-11(17)14(8)18-13(9)10(16)6-7/h2-6H,16-17H2,1H3,(H,19,20). The molecule has 4 nitrogen and oxygen atoms in total. The fourth-order valence-electron chi connectivity index (χ4n) is 2.67. The highest BCUT2D eigenvalue weighted by atomic mass is 16.4. The van der Waals surface area contributed by atoms with Gasteiger partial charge < -0.3 is 10.8 Å². The largest absolute Gasteiger partial charge is 0.478 e. The Morgan fingerprint density at radius 3 is 2.70 bits per heavy atom. The van der Waals surface area contributed by atoms with Crippen LogP contribution in [0.3, 0.4) is 0 Å². The van der Waals surface area contributed by atoms with Gasteiger partial charge >= 0.3 is 5.97 Å². The molecule has 0 amide bonds. The van der Waals surface area contributed by atoms with Gasteiger partial charge in [0.15, 0.2) is 0 Å². The van der Waals surface area contributed by atoms with Crippen LogP contribution in [0.25, 0.3) is 21.8 Å². The summed E-state index contributed by atoms with van der Waals surface area (Å²) in [5, 5.41) is 10.8. The molecule has 5 heteroatoms. The molecule has 0 aliphatic carbocycles. The Morgan fingerprint density at radius 2 is 2.00 bits per heavy atom. The van der Waals surface area contributed by atoms with Crippen LogP contribution < -0.4 is 11.2 Å². The Kier molecular flexibility index (Phi) is 2.64. The Labute approximate surface area is 116 Å². The minimum atomic E-state index is -0.960. The molecule has 0 saturated carbocycles. The zero-order valence-electron chi connectivity index (χ0n) is 11.3. The van der Waals surface area contributed by atoms with Crippen LogP contribution >= 0.6 is 0 Å². The van der Waals surface area contributed by atoms with Crippen LogP contribution in [-0.2, 0) is 0 Å². The van der Waals surface area contributed by atoms with Crippen molar-refractivity contribution in [1.82, 2.24) is 4.98 Å². The van der Waals surface area contributed by atoms with Crippen molar-refractivity contribution < 1.29 is 9.90 Å². The van der Waals surface area contributed by atoms with Crippen LogP contribution in [0, 0.1) is 6.92 Å². The van der Waals surface area contributed by atoms with E-state index in [2.05, 4.69) is 4.98 Å². The third kappa shape index (κ3) is 1.71. The molecule has 3 rings (SSSR count). The zero-order valence-corrected chi connectivity index (χ0v) is 11.3. The van der Waals surface area contributed by atoms with Crippen molar-refractivity contribution in [2.24, 2.45) is 0 Å². The number of anilines is 1. The zero-order chi connectivity index (χ0) is 14.4. The Balaban J connectivity index is 2.66. The topological polar surface area (TPSA) is 76.2 Å². The van der Waals surface area contributed by atoms with Crippen molar-refractivity contribution in [3.05, 3.63) is 41.5 Å². The first kappa shape index (κ1) is 12.5. The van der Waals surface area contributed by atoms with Crippen LogP contribution in [0.2, 0.25) is 0 Å². The number of carboxylic acids is 1. The number of hydrogen-bond donors (Lipinski definition) is 2. The maximum absolute atomic E-state index is 11.7. The summed E-state index contributed by atoms with van der Waals surface area (Å²) in [5.41, 5.74) is 9.91. The predicted molar refractivity (Wildman–Crippen MR) is 83.5 cm³/mol. The third-order valence-electron chi connectivity index (χ3n) is 3.49. The van der Waals surface area contributed by atoms with E-state index in [0.29, 0.717) is 27.5 Å². The molecule has 20 heavy (non-hydrogen) atoms. The summed E-state index contributed by atoms with van der Waals surface area (Å²) in [4.78, 5) is 16.3. The lowest BCUT2D eigenvalue weighted by atomic mass is 9.89. The van der Waals surface area contributed by atoms with Gasteiger partial charge in [-0.05, 0) is 19.1 Å². The fraction of sp³-hybridized carbons (Fsp3) is 0.0667. The van der Waals surface area contributed by atoms with Crippen LogP contribution in [0.4, 0.5) is 5.69 Å². The highest BCUT2D eigenvalue weighted by Gasteiger charge is 2.17. The van der Waals surface area contributed by atoms with Crippen molar-refractivity contribution in [1.29, 1.82) is 0 Å². The first-order valence-electron chi connectivity index (χ1n) is 6.31. The lowest BCUT2D eigenvalue weighted by molar-refractivity contribution is 0.0701. The fourth-order valence-corrected chi connectivity index (χ4v) is 2.67. The minimum Gasteiger partial charge on any atom is -0.478 e. The molecule has 0 aliphatic rings. The van der Waals surface area contributed by atoms with E-state index in [1.807, 2.05) is 26.9 Å². The summed E-state index contributed by atoms with van der Waals surface area (Å²) in [7, 11) is 1.93. The molecule has 0 spiro atoms. The van der Waals surface area contributed by atoms with Crippen LogP contribution in [0.5, 0.6) is 0 Å². The third-order valence-corrected chi connectivity index (χ3v) is 3.49. The molecule has 1 aromatic heterocycles. The van der Waals surface area contributed by atoms with E-state index in [9.17, 15) is 9.90 Å². The number of para-hydroxylation sites is 1. The van der Waals surface area contributed by atoms with E-state index in [0.717, 1.165) is 11.0 Å². The maximum Gasteiger partial charge on any atom is 0.337 e. The van der Waals surface area contributed by atoms with E-state index in [1.165, 1.54) is 0 Å². The minimum absolute atomic E-state index is 0.268. The molecule has 0 radical (unpaired) electrons. The molecule has 0 unspecified atom stereocenters. The molecule has 0 saturated heterocycles. The van der Waals surface area contributed by atoms with E-state index >= 15 is 0 Å². The lowest BCUT2D eigenvalue weighted by Crippen LogP contribution is -2.11. The number of aromatic nitrogens is 1. The number of pyridine rings is 1. The van der Waals surface area contributed by atoms with Crippen LogP contribution in [0.15, 0.2) is 30.3 Å². The Morgan fingerprint density at radius 1 is 1.25 bits per heavy atom. The Bertz CT molecular complexity index is 875. The van der Waals surface area contributed by atoms with Crippen molar-refractivity contribution in [3.63, 3.8) is 0 Å². The number of carboxylic acid groups (broad SMARTS) is 1. The quantitative estimate of drug-likeness (QED) is 0.394. The lowest BCUT2D eigenvalue weighted by Gasteiger charge is -2.11. The number of fused-ring (bicyclic) bond motifs is 2. The average molecular weight is 264 g/mol. The molecule has 0 fully saturated rings. The summed E-state index contributed by atoms with van der Waals surface area (Å²) in [6.07, 6.45) is 0. The molecule has 0 aliphatic heterocycles. The number of nitrogens with two attached hydrogens (primary N) is 1. The molecule has 1 heterocycles. The second-order valence-electron chi connectivity index (χ2n) is 5.01. The van der Waals surface area contributed by atoms with Crippen LogP contribution in [-0.4, -0.2) is 23.9 Å². The summed E-state index contributed by atoms with van der Waals surface area (Å²) in [6, 6.07) is 9.09.